The van der Waals surface area contributed by atoms with Crippen LogP contribution in [0.1, 0.15) is 38.0 Å². The summed E-state index contributed by atoms with van der Waals surface area (Å²) in [5.74, 6) is 0.787. The minimum absolute atomic E-state index is 0.199. The minimum Gasteiger partial charge on any atom is -0.407 e. The summed E-state index contributed by atoms with van der Waals surface area (Å²) in [6.07, 6.45) is 5.19. The molecule has 1 amide bonds. The third kappa shape index (κ3) is 3.69. The first-order valence-electron chi connectivity index (χ1n) is 7.39. The van der Waals surface area contributed by atoms with Crippen LogP contribution in [0.15, 0.2) is 4.42 Å². The van der Waals surface area contributed by atoms with Crippen molar-refractivity contribution in [3.63, 3.8) is 0 Å². The van der Waals surface area contributed by atoms with Crippen LogP contribution in [0, 0.1) is 0 Å². The van der Waals surface area contributed by atoms with E-state index in [4.69, 9.17) is 4.42 Å². The van der Waals surface area contributed by atoms with Gasteiger partial charge in [-0.05, 0) is 25.7 Å². The number of amides is 1. The van der Waals surface area contributed by atoms with Crippen LogP contribution in [0.4, 0.5) is 6.01 Å². The van der Waals surface area contributed by atoms with Gasteiger partial charge in [0, 0.05) is 32.1 Å². The molecule has 20 heavy (non-hydrogen) atoms. The van der Waals surface area contributed by atoms with Crippen LogP contribution in [0.2, 0.25) is 0 Å². The van der Waals surface area contributed by atoms with Crippen LogP contribution >= 0.6 is 0 Å². The van der Waals surface area contributed by atoms with E-state index in [1.54, 1.807) is 0 Å². The third-order valence-electron chi connectivity index (χ3n) is 3.66. The van der Waals surface area contributed by atoms with Crippen LogP contribution in [-0.4, -0.2) is 46.7 Å². The van der Waals surface area contributed by atoms with Crippen molar-refractivity contribution in [2.24, 2.45) is 0 Å². The van der Waals surface area contributed by atoms with Crippen LogP contribution in [0.3, 0.4) is 0 Å². The fourth-order valence-electron chi connectivity index (χ4n) is 2.32. The molecule has 2 heterocycles. The summed E-state index contributed by atoms with van der Waals surface area (Å²) in [6, 6.07) is 1.02. The highest BCUT2D eigenvalue weighted by molar-refractivity contribution is 5.76. The Morgan fingerprint density at radius 2 is 2.10 bits per heavy atom. The van der Waals surface area contributed by atoms with E-state index in [1.807, 2.05) is 4.90 Å². The molecule has 0 spiro atoms. The molecule has 0 bridgehead atoms. The normalized spacial score (nSPS) is 18.5. The number of rotatable bonds is 7. The fraction of sp³-hybridized carbons (Fsp3) is 0.769. The predicted molar refractivity (Wildman–Crippen MR) is 73.1 cm³/mol. The van der Waals surface area contributed by atoms with Crippen LogP contribution in [0.25, 0.3) is 0 Å². The second-order valence-corrected chi connectivity index (χ2v) is 5.42. The van der Waals surface area contributed by atoms with Crippen molar-refractivity contribution in [2.45, 2.75) is 44.7 Å². The molecule has 1 aliphatic carbocycles. The molecule has 1 aromatic rings. The zero-order valence-electron chi connectivity index (χ0n) is 11.6. The predicted octanol–water partition coefficient (Wildman–Crippen LogP) is 0.746. The molecule has 3 rings (SSSR count). The maximum Gasteiger partial charge on any atom is 0.315 e. The van der Waals surface area contributed by atoms with Crippen LogP contribution < -0.4 is 10.6 Å². The van der Waals surface area contributed by atoms with Gasteiger partial charge in [0.15, 0.2) is 0 Å². The third-order valence-corrected chi connectivity index (χ3v) is 3.66. The topological polar surface area (TPSA) is 83.3 Å². The van der Waals surface area contributed by atoms with Crippen molar-refractivity contribution in [2.75, 3.05) is 25.0 Å². The number of aromatic nitrogens is 2. The van der Waals surface area contributed by atoms with Gasteiger partial charge in [-0.1, -0.05) is 5.10 Å². The molecule has 110 valence electrons. The van der Waals surface area contributed by atoms with Gasteiger partial charge in [0.2, 0.25) is 11.8 Å². The molecule has 1 saturated heterocycles. The number of hydrogen-bond donors (Lipinski definition) is 2. The van der Waals surface area contributed by atoms with Crippen LogP contribution in [-0.2, 0) is 11.3 Å². The molecule has 2 N–H and O–H groups in total. The molecular formula is C13H21N5O2. The molecule has 7 nitrogen and oxygen atoms in total. The Balaban J connectivity index is 1.35. The molecule has 2 fully saturated rings. The number of hydrogen-bond acceptors (Lipinski definition) is 6. The number of carbonyl (C=O) groups excluding carboxylic acids is 1. The standard InChI is InChI=1S/C13H21N5O2/c19-12(18-7-1-2-8-18)5-6-14-13-17-16-11(20-13)9-15-10-3-4-10/h10,15H,1-9H2,(H,14,17). The van der Waals surface area contributed by atoms with Gasteiger partial charge in [0.05, 0.1) is 6.54 Å². The average molecular weight is 279 g/mol. The van der Waals surface area contributed by atoms with Gasteiger partial charge in [-0.3, -0.25) is 4.79 Å². The molecule has 0 unspecified atom stereocenters. The summed E-state index contributed by atoms with van der Waals surface area (Å²) in [7, 11) is 0. The van der Waals surface area contributed by atoms with Crippen molar-refractivity contribution < 1.29 is 9.21 Å². The van der Waals surface area contributed by atoms with Gasteiger partial charge < -0.3 is 20.0 Å². The van der Waals surface area contributed by atoms with Gasteiger partial charge in [0.25, 0.3) is 0 Å². The monoisotopic (exact) mass is 279 g/mol. The summed E-state index contributed by atoms with van der Waals surface area (Å²) >= 11 is 0. The summed E-state index contributed by atoms with van der Waals surface area (Å²) in [5, 5.41) is 14.2. The molecule has 1 aliphatic heterocycles. The lowest BCUT2D eigenvalue weighted by Gasteiger charge is -2.14. The molecule has 1 saturated carbocycles. The Morgan fingerprint density at radius 1 is 1.30 bits per heavy atom. The Bertz CT molecular complexity index is 451. The first-order valence-corrected chi connectivity index (χ1v) is 7.39. The lowest BCUT2D eigenvalue weighted by atomic mass is 10.3. The summed E-state index contributed by atoms with van der Waals surface area (Å²) in [6.45, 7) is 2.95. The van der Waals surface area contributed by atoms with Crippen molar-refractivity contribution in [3.05, 3.63) is 5.89 Å². The van der Waals surface area contributed by atoms with E-state index in [9.17, 15) is 4.79 Å². The Kier molecular flexibility index (Phi) is 4.15. The van der Waals surface area contributed by atoms with E-state index in [1.165, 1.54) is 12.8 Å². The average Bonchev–Trinajstić information content (AvgIpc) is 2.94. The zero-order chi connectivity index (χ0) is 13.8. The molecule has 1 aromatic heterocycles. The molecule has 0 radical (unpaired) electrons. The van der Waals surface area contributed by atoms with Crippen molar-refractivity contribution >= 4 is 11.9 Å². The van der Waals surface area contributed by atoms with E-state index in [0.717, 1.165) is 25.9 Å². The van der Waals surface area contributed by atoms with Gasteiger partial charge in [0.1, 0.15) is 0 Å². The number of nitrogens with zero attached hydrogens (tertiary/aromatic N) is 3. The summed E-state index contributed by atoms with van der Waals surface area (Å²) in [4.78, 5) is 13.8. The van der Waals surface area contributed by atoms with E-state index >= 15 is 0 Å². The van der Waals surface area contributed by atoms with E-state index in [0.29, 0.717) is 37.5 Å². The SMILES string of the molecule is O=C(CCNc1nnc(CNC2CC2)o1)N1CCCC1. The van der Waals surface area contributed by atoms with Gasteiger partial charge in [-0.2, -0.15) is 0 Å². The van der Waals surface area contributed by atoms with Crippen molar-refractivity contribution in [1.82, 2.24) is 20.4 Å². The first kappa shape index (κ1) is 13.4. The highest BCUT2D eigenvalue weighted by Crippen LogP contribution is 2.19. The molecule has 2 aliphatic rings. The number of carbonyl (C=O) groups is 1. The number of anilines is 1. The second-order valence-electron chi connectivity index (χ2n) is 5.42. The maximum absolute atomic E-state index is 11.8. The summed E-state index contributed by atoms with van der Waals surface area (Å²) in [5.41, 5.74) is 0. The fourth-order valence-corrected chi connectivity index (χ4v) is 2.32. The quantitative estimate of drug-likeness (QED) is 0.766. The Labute approximate surface area is 118 Å². The molecule has 0 atom stereocenters. The van der Waals surface area contributed by atoms with Crippen molar-refractivity contribution in [1.29, 1.82) is 0 Å². The van der Waals surface area contributed by atoms with E-state index in [-0.39, 0.29) is 5.91 Å². The number of likely N-dealkylation sites (tertiary alicyclic amines) is 1. The first-order chi connectivity index (χ1) is 9.81. The second kappa shape index (κ2) is 6.21. The highest BCUT2D eigenvalue weighted by atomic mass is 16.4. The minimum atomic E-state index is 0.199. The van der Waals surface area contributed by atoms with Gasteiger partial charge in [-0.15, -0.1) is 5.10 Å². The number of nitrogens with one attached hydrogen (secondary N) is 2. The van der Waals surface area contributed by atoms with Crippen molar-refractivity contribution in [3.8, 4) is 0 Å². The lowest BCUT2D eigenvalue weighted by Crippen LogP contribution is -2.29. The smallest absolute Gasteiger partial charge is 0.315 e. The molecular weight excluding hydrogens is 258 g/mol. The zero-order valence-corrected chi connectivity index (χ0v) is 11.6. The Morgan fingerprint density at radius 3 is 2.85 bits per heavy atom. The summed E-state index contributed by atoms with van der Waals surface area (Å²) < 4.78 is 5.45. The highest BCUT2D eigenvalue weighted by Gasteiger charge is 2.21. The Hall–Kier alpha value is -1.63. The van der Waals surface area contributed by atoms with Gasteiger partial charge in [-0.25, -0.2) is 0 Å². The largest absolute Gasteiger partial charge is 0.407 e. The van der Waals surface area contributed by atoms with Gasteiger partial charge >= 0.3 is 6.01 Å². The van der Waals surface area contributed by atoms with E-state index < -0.39 is 0 Å². The molecule has 7 heteroatoms. The van der Waals surface area contributed by atoms with E-state index in [2.05, 4.69) is 20.8 Å². The molecule has 0 aromatic carbocycles. The van der Waals surface area contributed by atoms with Crippen LogP contribution in [0.5, 0.6) is 0 Å². The maximum atomic E-state index is 11.8. The lowest BCUT2D eigenvalue weighted by molar-refractivity contribution is -0.129.